The molecule has 4 heteroatoms. The van der Waals surface area contributed by atoms with Gasteiger partial charge >= 0.3 is 0 Å². The number of rotatable bonds is 7. The summed E-state index contributed by atoms with van der Waals surface area (Å²) >= 11 is 0. The number of carbonyl (C=O) groups is 1. The third-order valence-electron chi connectivity index (χ3n) is 4.21. The lowest BCUT2D eigenvalue weighted by molar-refractivity contribution is -0.132. The maximum absolute atomic E-state index is 12.0. The second-order valence-corrected chi connectivity index (χ2v) is 6.06. The minimum Gasteiger partial charge on any atom is -0.343 e. The zero-order valence-electron chi connectivity index (χ0n) is 13.1. The van der Waals surface area contributed by atoms with E-state index in [-0.39, 0.29) is 0 Å². The van der Waals surface area contributed by atoms with Crippen molar-refractivity contribution in [3.63, 3.8) is 0 Å². The van der Waals surface area contributed by atoms with E-state index in [2.05, 4.69) is 36.0 Å². The summed E-state index contributed by atoms with van der Waals surface area (Å²) in [7, 11) is 4.13. The van der Waals surface area contributed by atoms with Gasteiger partial charge in [0.05, 0.1) is 0 Å². The highest BCUT2D eigenvalue weighted by Gasteiger charge is 2.23. The molecule has 4 nitrogen and oxygen atoms in total. The molecule has 1 aliphatic rings. The summed E-state index contributed by atoms with van der Waals surface area (Å²) in [5, 5.41) is 3.09. The zero-order valence-corrected chi connectivity index (χ0v) is 13.1. The summed E-state index contributed by atoms with van der Waals surface area (Å²) < 4.78 is 0. The van der Waals surface area contributed by atoms with E-state index in [0.717, 1.165) is 44.8 Å². The summed E-state index contributed by atoms with van der Waals surface area (Å²) in [5.74, 6) is 1.10. The molecule has 0 unspecified atom stereocenters. The van der Waals surface area contributed by atoms with Crippen LogP contribution in [0.1, 0.15) is 39.5 Å². The molecule has 0 aromatic heterocycles. The molecular weight excluding hydrogens is 238 g/mol. The van der Waals surface area contributed by atoms with Crippen LogP contribution in [0.25, 0.3) is 0 Å². The van der Waals surface area contributed by atoms with Crippen LogP contribution in [0.3, 0.4) is 0 Å². The van der Waals surface area contributed by atoms with Crippen LogP contribution in [0.5, 0.6) is 0 Å². The Hall–Kier alpha value is -0.610. The molecule has 19 heavy (non-hydrogen) atoms. The molecule has 1 saturated heterocycles. The fourth-order valence-corrected chi connectivity index (χ4v) is 2.56. The van der Waals surface area contributed by atoms with E-state index < -0.39 is 0 Å². The van der Waals surface area contributed by atoms with Crippen molar-refractivity contribution in [2.75, 3.05) is 40.3 Å². The second-order valence-electron chi connectivity index (χ2n) is 6.06. The highest BCUT2D eigenvalue weighted by atomic mass is 16.2. The molecule has 1 N–H and O–H groups in total. The lowest BCUT2D eigenvalue weighted by Gasteiger charge is -2.35. The van der Waals surface area contributed by atoms with Gasteiger partial charge in [-0.15, -0.1) is 0 Å². The normalized spacial score (nSPS) is 17.5. The van der Waals surface area contributed by atoms with Crippen molar-refractivity contribution in [2.45, 2.75) is 45.6 Å². The molecule has 0 atom stereocenters. The van der Waals surface area contributed by atoms with Crippen LogP contribution in [0.2, 0.25) is 0 Å². The number of hydrogen-bond acceptors (Lipinski definition) is 3. The number of nitrogens with one attached hydrogen (secondary N) is 1. The Kier molecular flexibility index (Phi) is 7.39. The van der Waals surface area contributed by atoms with E-state index in [1.807, 2.05) is 7.05 Å². The van der Waals surface area contributed by atoms with Gasteiger partial charge in [-0.25, -0.2) is 0 Å². The lowest BCUT2D eigenvalue weighted by Crippen LogP contribution is -2.42. The van der Waals surface area contributed by atoms with Gasteiger partial charge in [0, 0.05) is 32.1 Å². The maximum atomic E-state index is 12.0. The number of amides is 1. The van der Waals surface area contributed by atoms with Crippen LogP contribution in [-0.2, 0) is 4.79 Å². The summed E-state index contributed by atoms with van der Waals surface area (Å²) in [6.45, 7) is 8.48. The van der Waals surface area contributed by atoms with E-state index in [1.165, 1.54) is 6.54 Å². The van der Waals surface area contributed by atoms with Gasteiger partial charge in [0.15, 0.2) is 0 Å². The van der Waals surface area contributed by atoms with Crippen molar-refractivity contribution in [1.29, 1.82) is 0 Å². The molecule has 1 aliphatic heterocycles. The maximum Gasteiger partial charge on any atom is 0.222 e. The number of nitrogens with zero attached hydrogens (tertiary/aromatic N) is 2. The number of piperidine rings is 1. The first-order chi connectivity index (χ1) is 9.04. The monoisotopic (exact) mass is 269 g/mol. The van der Waals surface area contributed by atoms with Gasteiger partial charge in [-0.2, -0.15) is 0 Å². The van der Waals surface area contributed by atoms with Crippen molar-refractivity contribution in [3.8, 4) is 0 Å². The Balaban J connectivity index is 2.23. The Bertz CT molecular complexity index is 260. The van der Waals surface area contributed by atoms with Gasteiger partial charge in [0.25, 0.3) is 0 Å². The standard InChI is InChI=1S/C15H31N3O/c1-13(2)17(4)12-14-7-10-18(11-8-14)15(19)6-5-9-16-3/h13-14,16H,5-12H2,1-4H3. The molecular formula is C15H31N3O. The van der Waals surface area contributed by atoms with Gasteiger partial charge in [-0.1, -0.05) is 0 Å². The highest BCUT2D eigenvalue weighted by Crippen LogP contribution is 2.19. The highest BCUT2D eigenvalue weighted by molar-refractivity contribution is 5.76. The van der Waals surface area contributed by atoms with Crippen LogP contribution in [-0.4, -0.2) is 62.0 Å². The quantitative estimate of drug-likeness (QED) is 0.713. The van der Waals surface area contributed by atoms with Gasteiger partial charge in [-0.05, 0) is 59.7 Å². The summed E-state index contributed by atoms with van der Waals surface area (Å²) in [4.78, 5) is 16.5. The molecule has 0 radical (unpaired) electrons. The smallest absolute Gasteiger partial charge is 0.222 e. The molecule has 0 aromatic carbocycles. The van der Waals surface area contributed by atoms with E-state index in [1.54, 1.807) is 0 Å². The Morgan fingerprint density at radius 3 is 2.53 bits per heavy atom. The topological polar surface area (TPSA) is 35.6 Å². The third-order valence-corrected chi connectivity index (χ3v) is 4.21. The van der Waals surface area contributed by atoms with Crippen LogP contribution < -0.4 is 5.32 Å². The first-order valence-corrected chi connectivity index (χ1v) is 7.67. The van der Waals surface area contributed by atoms with Crippen molar-refractivity contribution < 1.29 is 4.79 Å². The van der Waals surface area contributed by atoms with E-state index in [9.17, 15) is 4.79 Å². The van der Waals surface area contributed by atoms with Crippen molar-refractivity contribution in [3.05, 3.63) is 0 Å². The summed E-state index contributed by atoms with van der Waals surface area (Å²) in [5.41, 5.74) is 0. The molecule has 0 aliphatic carbocycles. The van der Waals surface area contributed by atoms with Gasteiger partial charge in [-0.3, -0.25) is 4.79 Å². The molecule has 0 spiro atoms. The summed E-state index contributed by atoms with van der Waals surface area (Å²) in [6.07, 6.45) is 3.96. The van der Waals surface area contributed by atoms with Crippen LogP contribution in [0, 0.1) is 5.92 Å². The lowest BCUT2D eigenvalue weighted by atomic mass is 9.95. The molecule has 112 valence electrons. The van der Waals surface area contributed by atoms with Crippen LogP contribution in [0.4, 0.5) is 0 Å². The minimum absolute atomic E-state index is 0.339. The van der Waals surface area contributed by atoms with Crippen molar-refractivity contribution in [1.82, 2.24) is 15.1 Å². The SMILES string of the molecule is CNCCCC(=O)N1CCC(CN(C)C(C)C)CC1. The second kappa shape index (κ2) is 8.54. The Morgan fingerprint density at radius 1 is 1.37 bits per heavy atom. The number of hydrogen-bond donors (Lipinski definition) is 1. The minimum atomic E-state index is 0.339. The molecule has 1 heterocycles. The number of carbonyl (C=O) groups excluding carboxylic acids is 1. The first kappa shape index (κ1) is 16.4. The summed E-state index contributed by atoms with van der Waals surface area (Å²) in [6, 6.07) is 0.612. The van der Waals surface area contributed by atoms with E-state index >= 15 is 0 Å². The molecule has 0 aromatic rings. The number of likely N-dealkylation sites (tertiary alicyclic amines) is 1. The zero-order chi connectivity index (χ0) is 14.3. The molecule has 1 rings (SSSR count). The largest absolute Gasteiger partial charge is 0.343 e. The molecule has 0 saturated carbocycles. The van der Waals surface area contributed by atoms with E-state index in [4.69, 9.17) is 0 Å². The van der Waals surface area contributed by atoms with Crippen LogP contribution >= 0.6 is 0 Å². The third kappa shape index (κ3) is 5.91. The molecule has 0 bridgehead atoms. The predicted octanol–water partition coefficient (Wildman–Crippen LogP) is 1.56. The van der Waals surface area contributed by atoms with E-state index in [0.29, 0.717) is 18.4 Å². The van der Waals surface area contributed by atoms with Gasteiger partial charge < -0.3 is 15.1 Å². The molecule has 1 amide bonds. The molecule has 1 fully saturated rings. The Labute approximate surface area is 118 Å². The average Bonchev–Trinajstić information content (AvgIpc) is 2.39. The van der Waals surface area contributed by atoms with Crippen LogP contribution in [0.15, 0.2) is 0 Å². The fourth-order valence-electron chi connectivity index (χ4n) is 2.56. The van der Waals surface area contributed by atoms with Gasteiger partial charge in [0.2, 0.25) is 5.91 Å². The van der Waals surface area contributed by atoms with Crippen molar-refractivity contribution >= 4 is 5.91 Å². The average molecular weight is 269 g/mol. The first-order valence-electron chi connectivity index (χ1n) is 7.67. The van der Waals surface area contributed by atoms with Crippen molar-refractivity contribution in [2.24, 2.45) is 5.92 Å². The Morgan fingerprint density at radius 2 is 2.00 bits per heavy atom. The predicted molar refractivity (Wildman–Crippen MR) is 80.2 cm³/mol. The van der Waals surface area contributed by atoms with Gasteiger partial charge in [0.1, 0.15) is 0 Å². The fraction of sp³-hybridized carbons (Fsp3) is 0.933.